The Hall–Kier alpha value is -2.66. The van der Waals surface area contributed by atoms with E-state index in [9.17, 15) is 4.79 Å². The Balaban J connectivity index is 1.77. The van der Waals surface area contributed by atoms with Gasteiger partial charge in [0, 0.05) is 6.42 Å². The average molecular weight is 386 g/mol. The van der Waals surface area contributed by atoms with Gasteiger partial charge in [0.15, 0.2) is 0 Å². The van der Waals surface area contributed by atoms with Crippen molar-refractivity contribution < 1.29 is 4.79 Å². The highest BCUT2D eigenvalue weighted by atomic mass is 16.1. The van der Waals surface area contributed by atoms with E-state index >= 15 is 0 Å². The highest BCUT2D eigenvalue weighted by molar-refractivity contribution is 5.75. The van der Waals surface area contributed by atoms with Crippen LogP contribution in [0.4, 0.5) is 0 Å². The zero-order valence-corrected chi connectivity index (χ0v) is 18.0. The maximum Gasteiger partial charge on any atom is 0.130 e. The van der Waals surface area contributed by atoms with E-state index in [0.29, 0.717) is 6.42 Å². The Morgan fingerprint density at radius 2 is 1.52 bits per heavy atom. The fourth-order valence-corrected chi connectivity index (χ4v) is 4.41. The fourth-order valence-electron chi connectivity index (χ4n) is 4.41. The van der Waals surface area contributed by atoms with Crippen LogP contribution in [0.25, 0.3) is 5.57 Å². The summed E-state index contributed by atoms with van der Waals surface area (Å²) < 4.78 is 0. The van der Waals surface area contributed by atoms with Crippen LogP contribution >= 0.6 is 0 Å². The second kappa shape index (κ2) is 9.70. The Morgan fingerprint density at radius 3 is 2.14 bits per heavy atom. The number of hydrogen-bond donors (Lipinski definition) is 0. The van der Waals surface area contributed by atoms with E-state index in [0.717, 1.165) is 31.2 Å². The molecule has 0 radical (unpaired) electrons. The molecule has 0 bridgehead atoms. The molecule has 0 atom stereocenters. The van der Waals surface area contributed by atoms with Gasteiger partial charge < -0.3 is 4.79 Å². The summed E-state index contributed by atoms with van der Waals surface area (Å²) in [6.45, 7) is 6.08. The lowest BCUT2D eigenvalue weighted by Crippen LogP contribution is -2.04. The monoisotopic (exact) mass is 385 g/mol. The van der Waals surface area contributed by atoms with Crippen LogP contribution in [0.2, 0.25) is 0 Å². The summed E-state index contributed by atoms with van der Waals surface area (Å²) in [6.07, 6.45) is 8.49. The summed E-state index contributed by atoms with van der Waals surface area (Å²) in [6, 6.07) is 14.8. The molecule has 1 aliphatic rings. The number of nitriles is 1. The van der Waals surface area contributed by atoms with Crippen LogP contribution in [0.1, 0.15) is 78.8 Å². The minimum absolute atomic E-state index is 0.255. The number of aryl methyl sites for hydroxylation is 2. The highest BCUT2D eigenvalue weighted by Crippen LogP contribution is 2.35. The molecule has 0 saturated heterocycles. The predicted octanol–water partition coefficient (Wildman–Crippen LogP) is 6.66. The molecule has 3 rings (SSSR count). The number of ketones is 1. The van der Waals surface area contributed by atoms with Crippen LogP contribution in [0.15, 0.2) is 42.0 Å². The Bertz CT molecular complexity index is 957. The van der Waals surface area contributed by atoms with Gasteiger partial charge in [-0.25, -0.2) is 0 Å². The van der Waals surface area contributed by atoms with Gasteiger partial charge >= 0.3 is 0 Å². The van der Waals surface area contributed by atoms with E-state index in [2.05, 4.69) is 44.2 Å². The maximum atomic E-state index is 11.3. The van der Waals surface area contributed by atoms with E-state index in [-0.39, 0.29) is 5.78 Å². The second-order valence-corrected chi connectivity index (χ2v) is 8.31. The number of nitrogens with zero attached hydrogens (tertiary/aromatic N) is 1. The lowest BCUT2D eigenvalue weighted by molar-refractivity contribution is -0.116. The molecule has 0 unspecified atom stereocenters. The van der Waals surface area contributed by atoms with Crippen LogP contribution in [0.3, 0.4) is 0 Å². The number of benzene rings is 2. The Morgan fingerprint density at radius 1 is 0.897 bits per heavy atom. The first-order chi connectivity index (χ1) is 14.0. The molecular formula is C27H31NO. The van der Waals surface area contributed by atoms with E-state index in [1.165, 1.54) is 52.7 Å². The SMILES string of the molecule is CC(=O)CCc1ccc(CCC2=C(c3ccc(C#N)cc3)CCCC2)c(C)c1C. The van der Waals surface area contributed by atoms with Crippen LogP contribution in [-0.2, 0) is 17.6 Å². The molecule has 0 amide bonds. The second-order valence-electron chi connectivity index (χ2n) is 8.31. The average Bonchev–Trinajstić information content (AvgIpc) is 2.74. The highest BCUT2D eigenvalue weighted by Gasteiger charge is 2.15. The zero-order chi connectivity index (χ0) is 20.8. The molecule has 2 heteroatoms. The lowest BCUT2D eigenvalue weighted by Gasteiger charge is -2.22. The summed E-state index contributed by atoms with van der Waals surface area (Å²) >= 11 is 0. The minimum atomic E-state index is 0.255. The molecular weight excluding hydrogens is 354 g/mol. The molecule has 0 N–H and O–H groups in total. The van der Waals surface area contributed by atoms with Crippen molar-refractivity contribution in [3.8, 4) is 6.07 Å². The first-order valence-corrected chi connectivity index (χ1v) is 10.8. The molecule has 2 aromatic rings. The van der Waals surface area contributed by atoms with Crippen molar-refractivity contribution in [2.24, 2.45) is 0 Å². The van der Waals surface area contributed by atoms with Crippen molar-refractivity contribution in [3.05, 3.63) is 75.4 Å². The van der Waals surface area contributed by atoms with Crippen LogP contribution in [0, 0.1) is 25.2 Å². The first kappa shape index (κ1) is 21.1. The fraction of sp³-hybridized carbons (Fsp3) is 0.407. The molecule has 0 aliphatic heterocycles. The van der Waals surface area contributed by atoms with Crippen LogP contribution in [-0.4, -0.2) is 5.78 Å². The van der Waals surface area contributed by atoms with Gasteiger partial charge in [-0.3, -0.25) is 0 Å². The van der Waals surface area contributed by atoms with Gasteiger partial charge in [0.25, 0.3) is 0 Å². The number of carbonyl (C=O) groups is 1. The molecule has 0 fully saturated rings. The van der Waals surface area contributed by atoms with Crippen molar-refractivity contribution in [2.75, 3.05) is 0 Å². The third-order valence-electron chi connectivity index (χ3n) is 6.40. The van der Waals surface area contributed by atoms with Gasteiger partial charge in [-0.05, 0) is 111 Å². The molecule has 0 spiro atoms. The van der Waals surface area contributed by atoms with Crippen molar-refractivity contribution in [1.29, 1.82) is 5.26 Å². The third kappa shape index (κ3) is 5.24. The standard InChI is InChI=1S/C27H31NO/c1-19(29)8-11-23-14-15-24(21(3)20(23)2)16-17-25-6-4-5-7-27(25)26-12-9-22(18-28)10-13-26/h9-10,12-15H,4-8,11,16-17H2,1-3H3. The van der Waals surface area contributed by atoms with Gasteiger partial charge in [-0.2, -0.15) is 5.26 Å². The molecule has 2 aromatic carbocycles. The number of carbonyl (C=O) groups excluding carboxylic acids is 1. The topological polar surface area (TPSA) is 40.9 Å². The first-order valence-electron chi connectivity index (χ1n) is 10.8. The summed E-state index contributed by atoms with van der Waals surface area (Å²) in [5.74, 6) is 0.255. The van der Waals surface area contributed by atoms with Gasteiger partial charge in [0.1, 0.15) is 5.78 Å². The smallest absolute Gasteiger partial charge is 0.130 e. The van der Waals surface area contributed by atoms with Crippen molar-refractivity contribution in [2.45, 2.75) is 72.1 Å². The Labute approximate surface area is 175 Å². The summed E-state index contributed by atoms with van der Waals surface area (Å²) in [5, 5.41) is 9.05. The number of rotatable bonds is 7. The molecule has 1 aliphatic carbocycles. The Kier molecular flexibility index (Phi) is 7.04. The number of Topliss-reactive ketones (excluding diaryl/α,β-unsaturated/α-hetero) is 1. The largest absolute Gasteiger partial charge is 0.300 e. The van der Waals surface area contributed by atoms with E-state index in [1.807, 2.05) is 12.1 Å². The van der Waals surface area contributed by atoms with Crippen LogP contribution < -0.4 is 0 Å². The molecule has 0 aromatic heterocycles. The van der Waals surface area contributed by atoms with Gasteiger partial charge in [0.2, 0.25) is 0 Å². The summed E-state index contributed by atoms with van der Waals surface area (Å²) in [7, 11) is 0. The van der Waals surface area contributed by atoms with Crippen molar-refractivity contribution >= 4 is 11.4 Å². The lowest BCUT2D eigenvalue weighted by atomic mass is 9.83. The van der Waals surface area contributed by atoms with Crippen molar-refractivity contribution in [3.63, 3.8) is 0 Å². The molecule has 2 nitrogen and oxygen atoms in total. The predicted molar refractivity (Wildman–Crippen MR) is 120 cm³/mol. The molecule has 0 saturated carbocycles. The third-order valence-corrected chi connectivity index (χ3v) is 6.40. The summed E-state index contributed by atoms with van der Waals surface area (Å²) in [5.41, 5.74) is 10.5. The van der Waals surface area contributed by atoms with E-state index < -0.39 is 0 Å². The quantitative estimate of drug-likeness (QED) is 0.535. The van der Waals surface area contributed by atoms with E-state index in [1.54, 1.807) is 12.5 Å². The minimum Gasteiger partial charge on any atom is -0.300 e. The van der Waals surface area contributed by atoms with E-state index in [4.69, 9.17) is 5.26 Å². The van der Waals surface area contributed by atoms with Crippen molar-refractivity contribution in [1.82, 2.24) is 0 Å². The number of allylic oxidation sites excluding steroid dienone is 2. The van der Waals surface area contributed by atoms with Crippen LogP contribution in [0.5, 0.6) is 0 Å². The number of hydrogen-bond acceptors (Lipinski definition) is 2. The van der Waals surface area contributed by atoms with Gasteiger partial charge in [-0.15, -0.1) is 0 Å². The summed E-state index contributed by atoms with van der Waals surface area (Å²) in [4.78, 5) is 11.3. The molecule has 29 heavy (non-hydrogen) atoms. The van der Waals surface area contributed by atoms with Gasteiger partial charge in [0.05, 0.1) is 11.6 Å². The normalized spacial score (nSPS) is 14.0. The maximum absolute atomic E-state index is 11.3. The van der Waals surface area contributed by atoms with Gasteiger partial charge in [-0.1, -0.05) is 29.8 Å². The molecule has 150 valence electrons. The zero-order valence-electron chi connectivity index (χ0n) is 18.0. The molecule has 0 heterocycles.